The van der Waals surface area contributed by atoms with Crippen LogP contribution in [0, 0.1) is 11.3 Å². The van der Waals surface area contributed by atoms with E-state index in [0.29, 0.717) is 83.5 Å². The summed E-state index contributed by atoms with van der Waals surface area (Å²) in [6.45, 7) is 0.680. The van der Waals surface area contributed by atoms with Crippen LogP contribution < -0.4 is 10.6 Å². The van der Waals surface area contributed by atoms with E-state index in [-0.39, 0.29) is 18.2 Å². The van der Waals surface area contributed by atoms with Gasteiger partial charge >= 0.3 is 11.9 Å². The number of nitrogens with zero attached hydrogens (tertiary/aromatic N) is 6. The molecule has 6 rings (SSSR count). The number of hydrogen-bond donors (Lipinski definition) is 3. The number of nitrogens with one attached hydrogen (secondary N) is 3. The standard InChI is InChI=1S/C33H32ClN9O6/c1-47-30(45)13-19-6-9-23-26(12-19)37-25(33(46)49-22-16-48-17-22)5-3-2-4-24(32-39-27(15-35)31(23)40-32)38-29(44)11-7-20-14-21(34)8-10-28(20)43-18-36-41-42-43/h6-12,14,18,22,24-25,37H,2-5,13,16-17H2,1H3,(H,38,44)(H,39,40)/b11-7+/t24-,25+/m0/s1. The summed E-state index contributed by atoms with van der Waals surface area (Å²) in [6.07, 6.45) is 6.22. The van der Waals surface area contributed by atoms with Crippen LogP contribution in [-0.2, 0) is 35.0 Å². The number of carbonyl (C=O) groups excluding carboxylic acids is 3. The van der Waals surface area contributed by atoms with Gasteiger partial charge in [-0.25, -0.2) is 9.78 Å². The van der Waals surface area contributed by atoms with Gasteiger partial charge in [0.05, 0.1) is 44.2 Å². The van der Waals surface area contributed by atoms with Gasteiger partial charge in [-0.1, -0.05) is 36.6 Å². The Hall–Kier alpha value is -5.59. The number of carbonyl (C=O) groups is 3. The minimum Gasteiger partial charge on any atom is -0.469 e. The SMILES string of the molecule is COC(=O)Cc1ccc2c(c1)N[C@@H](C(=O)OC1COC1)CCCC[C@H](NC(=O)/C=C/c1cc(Cl)ccc1-n1cnnn1)c1nc(C#N)c-2[nH]1. The van der Waals surface area contributed by atoms with Crippen molar-refractivity contribution in [1.82, 2.24) is 35.5 Å². The van der Waals surface area contributed by atoms with Gasteiger partial charge in [0.1, 0.15) is 30.4 Å². The Morgan fingerprint density at radius 2 is 2.02 bits per heavy atom. The number of H-pyrrole nitrogens is 1. The summed E-state index contributed by atoms with van der Waals surface area (Å²) in [5.41, 5.74) is 3.43. The van der Waals surface area contributed by atoms with Crippen LogP contribution in [0.25, 0.3) is 23.0 Å². The first kappa shape index (κ1) is 33.3. The monoisotopic (exact) mass is 685 g/mol. The number of aromatic nitrogens is 6. The van der Waals surface area contributed by atoms with Gasteiger partial charge in [-0.3, -0.25) is 9.59 Å². The fraction of sp³-hybridized carbons (Fsp3) is 0.333. The number of rotatable bonds is 8. The number of imidazole rings is 1. The summed E-state index contributed by atoms with van der Waals surface area (Å²) in [5.74, 6) is -0.867. The van der Waals surface area contributed by atoms with E-state index in [0.717, 1.165) is 0 Å². The molecule has 15 nitrogen and oxygen atoms in total. The number of aromatic amines is 1. The van der Waals surface area contributed by atoms with Crippen molar-refractivity contribution in [1.29, 1.82) is 5.26 Å². The van der Waals surface area contributed by atoms with Gasteiger partial charge in [-0.2, -0.15) is 9.94 Å². The molecule has 1 saturated heterocycles. The maximum Gasteiger partial charge on any atom is 0.328 e. The molecule has 2 aromatic heterocycles. The van der Waals surface area contributed by atoms with E-state index < -0.39 is 29.9 Å². The number of halogens is 1. The topological polar surface area (TPSA) is 199 Å². The summed E-state index contributed by atoms with van der Waals surface area (Å²) in [7, 11) is 1.31. The molecule has 2 aliphatic rings. The smallest absolute Gasteiger partial charge is 0.328 e. The van der Waals surface area contributed by atoms with Crippen LogP contribution in [0.4, 0.5) is 5.69 Å². The normalized spacial score (nSPS) is 17.7. The maximum absolute atomic E-state index is 13.3. The highest BCUT2D eigenvalue weighted by Gasteiger charge is 2.30. The minimum atomic E-state index is -0.733. The molecule has 1 amide bonds. The third-order valence-corrected chi connectivity index (χ3v) is 8.38. The number of esters is 2. The molecule has 2 atom stereocenters. The predicted molar refractivity (Wildman–Crippen MR) is 175 cm³/mol. The number of amides is 1. The number of hydrogen-bond acceptors (Lipinski definition) is 12. The van der Waals surface area contributed by atoms with Crippen molar-refractivity contribution in [2.24, 2.45) is 0 Å². The number of nitriles is 1. The van der Waals surface area contributed by atoms with E-state index in [1.807, 2.05) is 0 Å². The first-order valence-corrected chi connectivity index (χ1v) is 16.0. The number of fused-ring (bicyclic) bond motifs is 4. The average molecular weight is 686 g/mol. The molecule has 0 radical (unpaired) electrons. The van der Waals surface area contributed by atoms with Crippen LogP contribution in [0.5, 0.6) is 0 Å². The maximum atomic E-state index is 13.3. The highest BCUT2D eigenvalue weighted by molar-refractivity contribution is 6.30. The Morgan fingerprint density at radius 1 is 1.18 bits per heavy atom. The Morgan fingerprint density at radius 3 is 2.76 bits per heavy atom. The quantitative estimate of drug-likeness (QED) is 0.181. The molecule has 0 spiro atoms. The lowest BCUT2D eigenvalue weighted by Crippen LogP contribution is -2.42. The summed E-state index contributed by atoms with van der Waals surface area (Å²) >= 11 is 6.23. The van der Waals surface area contributed by atoms with Crippen LogP contribution in [0.1, 0.15) is 54.4 Å². The molecule has 3 N–H and O–H groups in total. The fourth-order valence-electron chi connectivity index (χ4n) is 5.57. The minimum absolute atomic E-state index is 0.00729. The molecule has 252 valence electrons. The summed E-state index contributed by atoms with van der Waals surface area (Å²) < 4.78 is 17.1. The molecule has 0 saturated carbocycles. The lowest BCUT2D eigenvalue weighted by molar-refractivity contribution is -0.173. The fourth-order valence-corrected chi connectivity index (χ4v) is 5.75. The van der Waals surface area contributed by atoms with E-state index >= 15 is 0 Å². The second kappa shape index (κ2) is 15.1. The van der Waals surface area contributed by atoms with Crippen LogP contribution in [0.2, 0.25) is 5.02 Å². The van der Waals surface area contributed by atoms with Gasteiger partial charge in [0.25, 0.3) is 0 Å². The van der Waals surface area contributed by atoms with Crippen molar-refractivity contribution in [2.75, 3.05) is 25.6 Å². The summed E-state index contributed by atoms with van der Waals surface area (Å²) in [5, 5.41) is 28.2. The molecular formula is C33H32ClN9O6. The molecule has 0 unspecified atom stereocenters. The van der Waals surface area contributed by atoms with E-state index in [9.17, 15) is 19.6 Å². The van der Waals surface area contributed by atoms with Crippen LogP contribution in [0.15, 0.2) is 48.8 Å². The Balaban J connectivity index is 1.31. The Bertz CT molecular complexity index is 1920. The molecule has 4 aromatic rings. The van der Waals surface area contributed by atoms with Gasteiger partial charge in [-0.05, 0) is 59.2 Å². The van der Waals surface area contributed by atoms with Gasteiger partial charge in [-0.15, -0.1) is 5.10 Å². The van der Waals surface area contributed by atoms with Gasteiger partial charge in [0, 0.05) is 27.9 Å². The average Bonchev–Trinajstić information content (AvgIpc) is 3.77. The van der Waals surface area contributed by atoms with Crippen LogP contribution >= 0.6 is 11.6 Å². The number of ether oxygens (including phenoxy) is 3. The molecule has 0 aliphatic carbocycles. The lowest BCUT2D eigenvalue weighted by atomic mass is 10.00. The van der Waals surface area contributed by atoms with E-state index in [4.69, 9.17) is 25.8 Å². The van der Waals surface area contributed by atoms with Crippen molar-refractivity contribution < 1.29 is 28.6 Å². The summed E-state index contributed by atoms with van der Waals surface area (Å²) in [4.78, 5) is 46.6. The van der Waals surface area contributed by atoms with Crippen molar-refractivity contribution in [2.45, 2.75) is 50.3 Å². The molecule has 16 heteroatoms. The van der Waals surface area contributed by atoms with Crippen LogP contribution in [-0.4, -0.2) is 80.5 Å². The molecule has 49 heavy (non-hydrogen) atoms. The van der Waals surface area contributed by atoms with Gasteiger partial charge in [0.15, 0.2) is 5.69 Å². The molecule has 2 bridgehead atoms. The molecule has 2 aromatic carbocycles. The highest BCUT2D eigenvalue weighted by Crippen LogP contribution is 2.34. The van der Waals surface area contributed by atoms with Crippen molar-refractivity contribution in [3.05, 3.63) is 76.5 Å². The second-order valence-electron chi connectivity index (χ2n) is 11.5. The highest BCUT2D eigenvalue weighted by atomic mass is 35.5. The van der Waals surface area contributed by atoms with Gasteiger partial charge < -0.3 is 29.8 Å². The molecule has 2 aliphatic heterocycles. The third kappa shape index (κ3) is 7.94. The van der Waals surface area contributed by atoms with E-state index in [1.54, 1.807) is 42.5 Å². The first-order valence-electron chi connectivity index (χ1n) is 15.6. The zero-order chi connectivity index (χ0) is 34.3. The molecular weight excluding hydrogens is 654 g/mol. The predicted octanol–water partition coefficient (Wildman–Crippen LogP) is 3.46. The number of benzene rings is 2. The van der Waals surface area contributed by atoms with Gasteiger partial charge in [0.2, 0.25) is 5.91 Å². The number of anilines is 1. The largest absolute Gasteiger partial charge is 0.469 e. The molecule has 1 fully saturated rings. The van der Waals surface area contributed by atoms with Crippen molar-refractivity contribution >= 4 is 41.2 Å². The Kier molecular flexibility index (Phi) is 10.3. The van der Waals surface area contributed by atoms with Crippen molar-refractivity contribution in [3.8, 4) is 23.0 Å². The first-order chi connectivity index (χ1) is 23.8. The second-order valence-corrected chi connectivity index (χ2v) is 12.0. The zero-order valence-electron chi connectivity index (χ0n) is 26.4. The molecule has 4 heterocycles. The van der Waals surface area contributed by atoms with E-state index in [1.165, 1.54) is 24.2 Å². The van der Waals surface area contributed by atoms with Crippen molar-refractivity contribution in [3.63, 3.8) is 0 Å². The van der Waals surface area contributed by atoms with E-state index in [2.05, 4.69) is 42.2 Å². The number of tetrazole rings is 1. The lowest BCUT2D eigenvalue weighted by Gasteiger charge is -2.29. The summed E-state index contributed by atoms with van der Waals surface area (Å²) in [6, 6.07) is 11.2. The zero-order valence-corrected chi connectivity index (χ0v) is 27.1. The van der Waals surface area contributed by atoms with Crippen LogP contribution in [0.3, 0.4) is 0 Å². The third-order valence-electron chi connectivity index (χ3n) is 8.14. The number of methoxy groups -OCH3 is 1. The Labute approximate surface area is 285 Å².